The number of hydrogen-bond donors (Lipinski definition) is 1. The average molecular weight is 272 g/mol. The van der Waals surface area contributed by atoms with E-state index in [-0.39, 0.29) is 0 Å². The van der Waals surface area contributed by atoms with Crippen LogP contribution in [0.1, 0.15) is 57.4 Å². The molecule has 0 aromatic heterocycles. The molecule has 1 aromatic carbocycles. The van der Waals surface area contributed by atoms with Crippen LogP contribution in [0.5, 0.6) is 0 Å². The fourth-order valence-corrected chi connectivity index (χ4v) is 4.30. The first-order valence-electron chi connectivity index (χ1n) is 8.15. The minimum absolute atomic E-state index is 0.334. The van der Waals surface area contributed by atoms with E-state index in [9.17, 15) is 0 Å². The molecule has 1 aliphatic heterocycles. The van der Waals surface area contributed by atoms with Gasteiger partial charge >= 0.3 is 0 Å². The van der Waals surface area contributed by atoms with Crippen molar-refractivity contribution >= 4 is 0 Å². The number of rotatable bonds is 2. The molecule has 0 amide bonds. The Labute approximate surface area is 123 Å². The summed E-state index contributed by atoms with van der Waals surface area (Å²) in [6.45, 7) is 6.00. The first-order chi connectivity index (χ1) is 9.58. The van der Waals surface area contributed by atoms with Gasteiger partial charge in [0.1, 0.15) is 0 Å². The van der Waals surface area contributed by atoms with Crippen LogP contribution in [0.15, 0.2) is 30.3 Å². The van der Waals surface area contributed by atoms with Crippen LogP contribution in [-0.2, 0) is 0 Å². The second-order valence-corrected chi connectivity index (χ2v) is 7.26. The molecule has 2 heteroatoms. The van der Waals surface area contributed by atoms with Gasteiger partial charge in [-0.3, -0.25) is 4.90 Å². The Morgan fingerprint density at radius 3 is 2.55 bits per heavy atom. The lowest BCUT2D eigenvalue weighted by Gasteiger charge is -2.45. The molecule has 110 valence electrons. The van der Waals surface area contributed by atoms with E-state index in [1.54, 1.807) is 0 Å². The van der Waals surface area contributed by atoms with E-state index in [1.807, 2.05) is 0 Å². The van der Waals surface area contributed by atoms with Gasteiger partial charge in [0, 0.05) is 17.6 Å². The lowest BCUT2D eigenvalue weighted by atomic mass is 9.77. The van der Waals surface area contributed by atoms with Gasteiger partial charge in [0.15, 0.2) is 0 Å². The third-order valence-electron chi connectivity index (χ3n) is 5.51. The van der Waals surface area contributed by atoms with Crippen molar-refractivity contribution in [2.75, 3.05) is 6.54 Å². The first-order valence-corrected chi connectivity index (χ1v) is 8.15. The van der Waals surface area contributed by atoms with E-state index >= 15 is 0 Å². The fraction of sp³-hybridized carbons (Fsp3) is 0.667. The molecule has 2 fully saturated rings. The number of nitrogens with zero attached hydrogens (tertiary/aromatic N) is 1. The molecule has 1 saturated carbocycles. The number of hydrogen-bond acceptors (Lipinski definition) is 2. The molecule has 1 heterocycles. The maximum absolute atomic E-state index is 6.48. The molecule has 1 aliphatic carbocycles. The summed E-state index contributed by atoms with van der Waals surface area (Å²) in [6.07, 6.45) is 6.28. The van der Waals surface area contributed by atoms with Crippen LogP contribution >= 0.6 is 0 Å². The van der Waals surface area contributed by atoms with Crippen molar-refractivity contribution in [2.24, 2.45) is 5.73 Å². The third-order valence-corrected chi connectivity index (χ3v) is 5.51. The molecule has 0 radical (unpaired) electrons. The average Bonchev–Trinajstić information content (AvgIpc) is 2.80. The Morgan fingerprint density at radius 2 is 1.90 bits per heavy atom. The predicted octanol–water partition coefficient (Wildman–Crippen LogP) is 3.52. The molecule has 0 bridgehead atoms. The van der Waals surface area contributed by atoms with E-state index in [0.717, 1.165) is 6.42 Å². The van der Waals surface area contributed by atoms with Crippen molar-refractivity contribution in [2.45, 2.75) is 69.5 Å². The first kappa shape index (κ1) is 14.1. The second kappa shape index (κ2) is 5.50. The summed E-state index contributed by atoms with van der Waals surface area (Å²) in [5.74, 6) is 0.692. The molecule has 0 spiro atoms. The SMILES string of the molecule is CC1(C)CCCN1C1CC(c2ccccc2)CCC1N. The molecule has 1 aromatic rings. The highest BCUT2D eigenvalue weighted by molar-refractivity contribution is 5.21. The maximum Gasteiger partial charge on any atom is 0.0258 e. The van der Waals surface area contributed by atoms with Crippen molar-refractivity contribution in [3.05, 3.63) is 35.9 Å². The van der Waals surface area contributed by atoms with Crippen molar-refractivity contribution in [1.82, 2.24) is 4.90 Å². The van der Waals surface area contributed by atoms with Crippen LogP contribution in [0.4, 0.5) is 0 Å². The molecular weight excluding hydrogens is 244 g/mol. The van der Waals surface area contributed by atoms with Crippen molar-refractivity contribution in [3.8, 4) is 0 Å². The van der Waals surface area contributed by atoms with Gasteiger partial charge < -0.3 is 5.73 Å². The van der Waals surface area contributed by atoms with Crippen LogP contribution in [0.3, 0.4) is 0 Å². The van der Waals surface area contributed by atoms with E-state index in [4.69, 9.17) is 5.73 Å². The minimum atomic E-state index is 0.334. The summed E-state index contributed by atoms with van der Waals surface area (Å²) in [6, 6.07) is 11.9. The Kier molecular flexibility index (Phi) is 3.87. The summed E-state index contributed by atoms with van der Waals surface area (Å²) in [7, 11) is 0. The van der Waals surface area contributed by atoms with Gasteiger partial charge in [0.25, 0.3) is 0 Å². The number of likely N-dealkylation sites (tertiary alicyclic amines) is 1. The summed E-state index contributed by atoms with van der Waals surface area (Å²) >= 11 is 0. The van der Waals surface area contributed by atoms with Crippen LogP contribution < -0.4 is 5.73 Å². The van der Waals surface area contributed by atoms with E-state index in [0.29, 0.717) is 23.5 Å². The van der Waals surface area contributed by atoms with Gasteiger partial charge in [0.05, 0.1) is 0 Å². The van der Waals surface area contributed by atoms with E-state index < -0.39 is 0 Å². The predicted molar refractivity (Wildman–Crippen MR) is 84.8 cm³/mol. The smallest absolute Gasteiger partial charge is 0.0258 e. The molecule has 3 rings (SSSR count). The zero-order chi connectivity index (χ0) is 14.2. The van der Waals surface area contributed by atoms with Crippen LogP contribution in [0.2, 0.25) is 0 Å². The third kappa shape index (κ3) is 2.64. The fourth-order valence-electron chi connectivity index (χ4n) is 4.30. The van der Waals surface area contributed by atoms with E-state index in [2.05, 4.69) is 49.1 Å². The zero-order valence-electron chi connectivity index (χ0n) is 12.9. The lowest BCUT2D eigenvalue weighted by Crippen LogP contribution is -2.55. The summed E-state index contributed by atoms with van der Waals surface area (Å²) in [4.78, 5) is 2.70. The monoisotopic (exact) mass is 272 g/mol. The minimum Gasteiger partial charge on any atom is -0.326 e. The van der Waals surface area contributed by atoms with Crippen LogP contribution in [0, 0.1) is 0 Å². The molecule has 3 atom stereocenters. The normalized spacial score (nSPS) is 34.2. The number of benzene rings is 1. The lowest BCUT2D eigenvalue weighted by molar-refractivity contribution is 0.0704. The highest BCUT2D eigenvalue weighted by atomic mass is 15.2. The Bertz CT molecular complexity index is 440. The van der Waals surface area contributed by atoms with Gasteiger partial charge in [-0.1, -0.05) is 30.3 Å². The molecule has 2 nitrogen and oxygen atoms in total. The molecule has 2 N–H and O–H groups in total. The Hall–Kier alpha value is -0.860. The highest BCUT2D eigenvalue weighted by Crippen LogP contribution is 2.39. The van der Waals surface area contributed by atoms with Crippen molar-refractivity contribution in [1.29, 1.82) is 0 Å². The molecule has 3 unspecified atom stereocenters. The second-order valence-electron chi connectivity index (χ2n) is 7.26. The van der Waals surface area contributed by atoms with Gasteiger partial charge in [-0.25, -0.2) is 0 Å². The molecular formula is C18H28N2. The summed E-state index contributed by atoms with van der Waals surface area (Å²) < 4.78 is 0. The van der Waals surface area contributed by atoms with Crippen LogP contribution in [-0.4, -0.2) is 29.1 Å². The van der Waals surface area contributed by atoms with Gasteiger partial charge in [-0.2, -0.15) is 0 Å². The molecule has 20 heavy (non-hydrogen) atoms. The molecule has 1 saturated heterocycles. The molecule has 2 aliphatic rings. The van der Waals surface area contributed by atoms with Gasteiger partial charge in [-0.05, 0) is 64.0 Å². The highest BCUT2D eigenvalue weighted by Gasteiger charge is 2.41. The Morgan fingerprint density at radius 1 is 1.15 bits per heavy atom. The van der Waals surface area contributed by atoms with Gasteiger partial charge in [-0.15, -0.1) is 0 Å². The largest absolute Gasteiger partial charge is 0.326 e. The van der Waals surface area contributed by atoms with E-state index in [1.165, 1.54) is 37.8 Å². The Balaban J connectivity index is 1.77. The number of nitrogens with two attached hydrogens (primary N) is 1. The maximum atomic E-state index is 6.48. The topological polar surface area (TPSA) is 29.3 Å². The van der Waals surface area contributed by atoms with Crippen LogP contribution in [0.25, 0.3) is 0 Å². The summed E-state index contributed by atoms with van der Waals surface area (Å²) in [5.41, 5.74) is 8.31. The quantitative estimate of drug-likeness (QED) is 0.892. The standard InChI is InChI=1S/C18H28N2/c1-18(2)11-6-12-20(18)17-13-15(9-10-16(17)19)14-7-4-3-5-8-14/h3-5,7-8,15-17H,6,9-13,19H2,1-2H3. The zero-order valence-corrected chi connectivity index (χ0v) is 12.9. The van der Waals surface area contributed by atoms with Crippen molar-refractivity contribution in [3.63, 3.8) is 0 Å². The van der Waals surface area contributed by atoms with Crippen molar-refractivity contribution < 1.29 is 0 Å². The van der Waals surface area contributed by atoms with Gasteiger partial charge in [0.2, 0.25) is 0 Å². The summed E-state index contributed by atoms with van der Waals surface area (Å²) in [5, 5.41) is 0.